The zero-order valence-electron chi connectivity index (χ0n) is 18.8. The number of carbonyl (C=O) groups excluding carboxylic acids is 2. The van der Waals surface area contributed by atoms with E-state index >= 15 is 0 Å². The number of nitrogens with one attached hydrogen (secondary N) is 2. The van der Waals surface area contributed by atoms with E-state index in [4.69, 9.17) is 0 Å². The molecule has 0 unspecified atom stereocenters. The maximum Gasteiger partial charge on any atom is 0.224 e. The molecule has 30 heavy (non-hydrogen) atoms. The van der Waals surface area contributed by atoms with Crippen LogP contribution >= 0.6 is 0 Å². The molecular weight excluding hydrogens is 374 g/mol. The number of unbranched alkanes of at least 4 members (excludes halogenated alkanes) is 8. The van der Waals surface area contributed by atoms with E-state index in [1.165, 1.54) is 51.9 Å². The van der Waals surface area contributed by atoms with E-state index in [9.17, 15) is 9.59 Å². The second-order valence-electron chi connectivity index (χ2n) is 7.64. The molecular formula is C25H39N3O2. The van der Waals surface area contributed by atoms with Crippen LogP contribution in [0.1, 0.15) is 90.9 Å². The minimum atomic E-state index is -0.166. The molecule has 0 radical (unpaired) electrons. The average molecular weight is 414 g/mol. The Labute approximate surface area is 182 Å². The van der Waals surface area contributed by atoms with Gasteiger partial charge in [-0.1, -0.05) is 63.3 Å². The number of nitrogens with zero attached hydrogens (tertiary/aromatic N) is 1. The lowest BCUT2D eigenvalue weighted by molar-refractivity contribution is -0.116. The summed E-state index contributed by atoms with van der Waals surface area (Å²) in [6, 6.07) is 3.42. The maximum absolute atomic E-state index is 12.0. The monoisotopic (exact) mass is 413 g/mol. The van der Waals surface area contributed by atoms with Gasteiger partial charge in [0.25, 0.3) is 0 Å². The van der Waals surface area contributed by atoms with Crippen LogP contribution in [0.15, 0.2) is 42.6 Å². The molecule has 2 N–H and O–H groups in total. The molecule has 5 nitrogen and oxygen atoms in total. The van der Waals surface area contributed by atoms with E-state index < -0.39 is 0 Å². The minimum absolute atomic E-state index is 0.00904. The van der Waals surface area contributed by atoms with E-state index in [0.717, 1.165) is 25.7 Å². The standard InChI is InChI=1S/C25H39N3O2/c1-3-4-5-6-7-8-9-10-11-12-13-14-15-16-17-18-25(30)28-23-19-20-24(26-21-23)27-22(2)29/h7-8,10-11,19-21H,3-6,9,12-18H2,1-2H3,(H,28,30)(H,26,27,29)/b8-7-,11-10-. The van der Waals surface area contributed by atoms with Crippen LogP contribution in [-0.2, 0) is 9.59 Å². The predicted octanol–water partition coefficient (Wildman–Crippen LogP) is 6.79. The largest absolute Gasteiger partial charge is 0.325 e. The van der Waals surface area contributed by atoms with Gasteiger partial charge in [-0.3, -0.25) is 9.59 Å². The second-order valence-corrected chi connectivity index (χ2v) is 7.64. The molecule has 0 aliphatic heterocycles. The number of carbonyl (C=O) groups is 2. The molecule has 0 saturated heterocycles. The van der Waals surface area contributed by atoms with Crippen LogP contribution in [0.4, 0.5) is 11.5 Å². The summed E-state index contributed by atoms with van der Waals surface area (Å²) in [5, 5.41) is 5.44. The molecule has 1 aromatic rings. The van der Waals surface area contributed by atoms with Gasteiger partial charge in [-0.25, -0.2) is 4.98 Å². The first-order chi connectivity index (χ1) is 14.6. The Balaban J connectivity index is 1.98. The molecule has 0 aromatic carbocycles. The number of amides is 2. The first-order valence-electron chi connectivity index (χ1n) is 11.4. The Hall–Kier alpha value is -2.43. The van der Waals surface area contributed by atoms with Crippen LogP contribution in [0.5, 0.6) is 0 Å². The zero-order valence-corrected chi connectivity index (χ0v) is 18.8. The number of rotatable bonds is 16. The fraction of sp³-hybridized carbons (Fsp3) is 0.560. The van der Waals surface area contributed by atoms with Crippen molar-refractivity contribution in [2.45, 2.75) is 90.9 Å². The highest BCUT2D eigenvalue weighted by molar-refractivity contribution is 5.91. The van der Waals surface area contributed by atoms with E-state index in [2.05, 4.69) is 46.8 Å². The van der Waals surface area contributed by atoms with Gasteiger partial charge in [-0.15, -0.1) is 0 Å². The van der Waals surface area contributed by atoms with Gasteiger partial charge in [0.15, 0.2) is 0 Å². The minimum Gasteiger partial charge on any atom is -0.325 e. The third-order valence-corrected chi connectivity index (χ3v) is 4.71. The highest BCUT2D eigenvalue weighted by atomic mass is 16.2. The Morgan fingerprint density at radius 3 is 2.17 bits per heavy atom. The summed E-state index contributed by atoms with van der Waals surface area (Å²) >= 11 is 0. The molecule has 0 atom stereocenters. The Morgan fingerprint density at radius 1 is 0.867 bits per heavy atom. The number of anilines is 2. The van der Waals surface area contributed by atoms with Crippen molar-refractivity contribution >= 4 is 23.3 Å². The summed E-state index contributed by atoms with van der Waals surface area (Å²) in [4.78, 5) is 27.0. The zero-order chi connectivity index (χ0) is 21.9. The van der Waals surface area contributed by atoms with Gasteiger partial charge in [0.05, 0.1) is 11.9 Å². The van der Waals surface area contributed by atoms with Crippen molar-refractivity contribution in [2.24, 2.45) is 0 Å². The fourth-order valence-corrected chi connectivity index (χ4v) is 3.04. The Kier molecular flexibility index (Phi) is 14.9. The molecule has 0 fully saturated rings. The molecule has 5 heteroatoms. The van der Waals surface area contributed by atoms with Gasteiger partial charge >= 0.3 is 0 Å². The van der Waals surface area contributed by atoms with Crippen LogP contribution in [0.3, 0.4) is 0 Å². The lowest BCUT2D eigenvalue weighted by Crippen LogP contribution is -2.12. The molecule has 1 heterocycles. The summed E-state index contributed by atoms with van der Waals surface area (Å²) in [6.07, 6.45) is 24.1. The van der Waals surface area contributed by atoms with Crippen molar-refractivity contribution in [3.05, 3.63) is 42.6 Å². The normalized spacial score (nSPS) is 11.3. The van der Waals surface area contributed by atoms with Gasteiger partial charge in [0.2, 0.25) is 11.8 Å². The number of aromatic nitrogens is 1. The number of hydrogen-bond donors (Lipinski definition) is 2. The highest BCUT2D eigenvalue weighted by Crippen LogP contribution is 2.12. The summed E-state index contributed by atoms with van der Waals surface area (Å²) in [5.74, 6) is 0.324. The first-order valence-corrected chi connectivity index (χ1v) is 11.4. The first kappa shape index (κ1) is 25.6. The van der Waals surface area contributed by atoms with Crippen molar-refractivity contribution < 1.29 is 9.59 Å². The van der Waals surface area contributed by atoms with E-state index in [0.29, 0.717) is 17.9 Å². The second kappa shape index (κ2) is 17.4. The van der Waals surface area contributed by atoms with Crippen molar-refractivity contribution in [3.63, 3.8) is 0 Å². The smallest absolute Gasteiger partial charge is 0.224 e. The van der Waals surface area contributed by atoms with Gasteiger partial charge in [0.1, 0.15) is 5.82 Å². The quantitative estimate of drug-likeness (QED) is 0.231. The number of allylic oxidation sites excluding steroid dienone is 4. The molecule has 0 spiro atoms. The summed E-state index contributed by atoms with van der Waals surface area (Å²) in [5.41, 5.74) is 0.650. The van der Waals surface area contributed by atoms with Crippen LogP contribution in [0, 0.1) is 0 Å². The number of pyridine rings is 1. The van der Waals surface area contributed by atoms with Gasteiger partial charge < -0.3 is 10.6 Å². The molecule has 1 rings (SSSR count). The van der Waals surface area contributed by atoms with Crippen molar-refractivity contribution in [1.82, 2.24) is 4.98 Å². The molecule has 0 saturated carbocycles. The molecule has 166 valence electrons. The average Bonchev–Trinajstić information content (AvgIpc) is 2.72. The molecule has 0 aliphatic rings. The SMILES string of the molecule is CCCCC/C=C\C/C=C\CCCCCCCC(=O)Nc1ccc(NC(C)=O)nc1. The Morgan fingerprint density at radius 2 is 1.53 bits per heavy atom. The fourth-order valence-electron chi connectivity index (χ4n) is 3.04. The highest BCUT2D eigenvalue weighted by Gasteiger charge is 2.03. The van der Waals surface area contributed by atoms with Crippen molar-refractivity contribution in [1.29, 1.82) is 0 Å². The molecule has 0 bridgehead atoms. The lowest BCUT2D eigenvalue weighted by Gasteiger charge is -2.06. The molecule has 1 aromatic heterocycles. The molecule has 2 amide bonds. The van der Waals surface area contributed by atoms with Crippen LogP contribution in [0.2, 0.25) is 0 Å². The van der Waals surface area contributed by atoms with Gasteiger partial charge in [-0.05, 0) is 50.7 Å². The molecule has 0 aliphatic carbocycles. The van der Waals surface area contributed by atoms with E-state index in [1.807, 2.05) is 0 Å². The topological polar surface area (TPSA) is 71.1 Å². The van der Waals surface area contributed by atoms with Crippen molar-refractivity contribution in [3.8, 4) is 0 Å². The maximum atomic E-state index is 12.0. The summed E-state index contributed by atoms with van der Waals surface area (Å²) in [7, 11) is 0. The third-order valence-electron chi connectivity index (χ3n) is 4.71. The van der Waals surface area contributed by atoms with Gasteiger partial charge in [-0.2, -0.15) is 0 Å². The van der Waals surface area contributed by atoms with Crippen molar-refractivity contribution in [2.75, 3.05) is 10.6 Å². The van der Waals surface area contributed by atoms with Gasteiger partial charge in [0, 0.05) is 13.3 Å². The van der Waals surface area contributed by atoms with E-state index in [-0.39, 0.29) is 11.8 Å². The predicted molar refractivity (Wildman–Crippen MR) is 127 cm³/mol. The van der Waals surface area contributed by atoms with E-state index in [1.54, 1.807) is 18.3 Å². The Bertz CT molecular complexity index is 651. The summed E-state index contributed by atoms with van der Waals surface area (Å²) < 4.78 is 0. The summed E-state index contributed by atoms with van der Waals surface area (Å²) in [6.45, 7) is 3.67. The van der Waals surface area contributed by atoms with Crippen LogP contribution in [0.25, 0.3) is 0 Å². The third kappa shape index (κ3) is 14.6. The number of hydrogen-bond acceptors (Lipinski definition) is 3. The van der Waals surface area contributed by atoms with Crippen LogP contribution < -0.4 is 10.6 Å². The van der Waals surface area contributed by atoms with Crippen LogP contribution in [-0.4, -0.2) is 16.8 Å². The lowest BCUT2D eigenvalue weighted by atomic mass is 10.1.